The fourth-order valence-corrected chi connectivity index (χ4v) is 3.79. The molecule has 3 rings (SSSR count). The average molecular weight is 398 g/mol. The monoisotopic (exact) mass is 398 g/mol. The number of rotatable bonds is 7. The molecule has 0 bridgehead atoms. The van der Waals surface area contributed by atoms with Gasteiger partial charge in [0.1, 0.15) is 11.6 Å². The summed E-state index contributed by atoms with van der Waals surface area (Å²) in [7, 11) is 0. The zero-order valence-corrected chi connectivity index (χ0v) is 16.4. The molecule has 2 aromatic rings. The second-order valence-electron chi connectivity index (χ2n) is 7.43. The second-order valence-corrected chi connectivity index (χ2v) is 7.43. The maximum Gasteiger partial charge on any atom is 0.254 e. The summed E-state index contributed by atoms with van der Waals surface area (Å²) in [6.45, 7) is 0.924. The van der Waals surface area contributed by atoms with Gasteiger partial charge in [0.05, 0.1) is 5.56 Å². The van der Waals surface area contributed by atoms with E-state index in [1.165, 1.54) is 18.2 Å². The van der Waals surface area contributed by atoms with E-state index in [9.17, 15) is 19.1 Å². The van der Waals surface area contributed by atoms with Crippen LogP contribution in [0.15, 0.2) is 48.5 Å². The van der Waals surface area contributed by atoms with E-state index in [0.29, 0.717) is 0 Å². The Morgan fingerprint density at radius 1 is 1.10 bits per heavy atom. The quantitative estimate of drug-likeness (QED) is 0.748. The molecule has 1 heterocycles. The zero-order valence-electron chi connectivity index (χ0n) is 16.4. The molecule has 0 spiro atoms. The zero-order chi connectivity index (χ0) is 20.6. The molecule has 2 amide bonds. The number of amides is 2. The van der Waals surface area contributed by atoms with Crippen LogP contribution in [0, 0.1) is 5.82 Å². The van der Waals surface area contributed by atoms with Gasteiger partial charge in [0.25, 0.3) is 5.91 Å². The Kier molecular flexibility index (Phi) is 7.22. The van der Waals surface area contributed by atoms with Gasteiger partial charge in [0.15, 0.2) is 0 Å². The predicted octanol–water partition coefficient (Wildman–Crippen LogP) is 3.67. The number of nitrogens with zero attached hydrogens (tertiary/aromatic N) is 1. The number of likely N-dealkylation sites (tertiary alicyclic amines) is 1. The fraction of sp³-hybridized carbons (Fsp3) is 0.391. The summed E-state index contributed by atoms with van der Waals surface area (Å²) in [5.41, 5.74) is 1.13. The number of piperidine rings is 1. The smallest absolute Gasteiger partial charge is 0.254 e. The highest BCUT2D eigenvalue weighted by Gasteiger charge is 2.26. The van der Waals surface area contributed by atoms with Gasteiger partial charge in [-0.2, -0.15) is 0 Å². The van der Waals surface area contributed by atoms with Crippen molar-refractivity contribution in [1.82, 2.24) is 10.2 Å². The molecule has 5 nitrogen and oxygen atoms in total. The van der Waals surface area contributed by atoms with E-state index in [1.54, 1.807) is 18.2 Å². The number of carbonyl (C=O) groups is 2. The first kappa shape index (κ1) is 20.8. The van der Waals surface area contributed by atoms with Crippen LogP contribution in [-0.2, 0) is 11.2 Å². The van der Waals surface area contributed by atoms with Gasteiger partial charge in [-0.1, -0.05) is 24.3 Å². The molecule has 1 unspecified atom stereocenters. The first-order valence-corrected chi connectivity index (χ1v) is 10.1. The van der Waals surface area contributed by atoms with Crippen LogP contribution < -0.4 is 5.32 Å². The molecular weight excluding hydrogens is 371 g/mol. The maximum atomic E-state index is 13.7. The lowest BCUT2D eigenvalue weighted by Gasteiger charge is -2.36. The third-order valence-electron chi connectivity index (χ3n) is 5.39. The third kappa shape index (κ3) is 5.79. The first-order chi connectivity index (χ1) is 14.0. The predicted molar refractivity (Wildman–Crippen MR) is 109 cm³/mol. The van der Waals surface area contributed by atoms with Gasteiger partial charge in [-0.05, 0) is 61.9 Å². The number of phenolic OH excluding ortho intramolecular Hbond substituents is 1. The van der Waals surface area contributed by atoms with Crippen LogP contribution in [0.25, 0.3) is 0 Å². The number of aromatic hydroxyl groups is 1. The summed E-state index contributed by atoms with van der Waals surface area (Å²) < 4.78 is 13.7. The van der Waals surface area contributed by atoms with Gasteiger partial charge in [-0.25, -0.2) is 4.39 Å². The van der Waals surface area contributed by atoms with Crippen molar-refractivity contribution in [2.45, 2.75) is 44.6 Å². The molecule has 29 heavy (non-hydrogen) atoms. The van der Waals surface area contributed by atoms with Crippen molar-refractivity contribution in [3.63, 3.8) is 0 Å². The summed E-state index contributed by atoms with van der Waals surface area (Å²) in [6, 6.07) is 13.2. The van der Waals surface area contributed by atoms with E-state index in [-0.39, 0.29) is 36.2 Å². The SMILES string of the molecule is O=C(NCCC(=O)N1CCCCC1CCc1ccc(O)cc1)c1ccccc1F. The van der Waals surface area contributed by atoms with Crippen LogP contribution in [0.5, 0.6) is 5.75 Å². The number of nitrogens with one attached hydrogen (secondary N) is 1. The molecule has 2 N–H and O–H groups in total. The van der Waals surface area contributed by atoms with E-state index < -0.39 is 11.7 Å². The van der Waals surface area contributed by atoms with Gasteiger partial charge >= 0.3 is 0 Å². The van der Waals surface area contributed by atoms with Crippen LogP contribution in [0.3, 0.4) is 0 Å². The molecule has 1 fully saturated rings. The van der Waals surface area contributed by atoms with Gasteiger partial charge in [0, 0.05) is 25.6 Å². The largest absolute Gasteiger partial charge is 0.508 e. The summed E-state index contributed by atoms with van der Waals surface area (Å²) in [5.74, 6) is -0.796. The fourth-order valence-electron chi connectivity index (χ4n) is 3.79. The summed E-state index contributed by atoms with van der Waals surface area (Å²) in [4.78, 5) is 26.7. The molecule has 0 aromatic heterocycles. The summed E-state index contributed by atoms with van der Waals surface area (Å²) in [6.07, 6.45) is 5.00. The van der Waals surface area contributed by atoms with Crippen molar-refractivity contribution >= 4 is 11.8 Å². The molecule has 6 heteroatoms. The molecule has 0 aliphatic carbocycles. The Morgan fingerprint density at radius 2 is 1.86 bits per heavy atom. The lowest BCUT2D eigenvalue weighted by molar-refractivity contribution is -0.134. The van der Waals surface area contributed by atoms with E-state index in [1.807, 2.05) is 17.0 Å². The highest BCUT2D eigenvalue weighted by Crippen LogP contribution is 2.22. The minimum Gasteiger partial charge on any atom is -0.508 e. The molecular formula is C23H27FN2O3. The van der Waals surface area contributed by atoms with Crippen LogP contribution >= 0.6 is 0 Å². The summed E-state index contributed by atoms with van der Waals surface area (Å²) in [5, 5.41) is 12.0. The van der Waals surface area contributed by atoms with Crippen LogP contribution in [0.4, 0.5) is 4.39 Å². The average Bonchev–Trinajstić information content (AvgIpc) is 2.73. The third-order valence-corrected chi connectivity index (χ3v) is 5.39. The van der Waals surface area contributed by atoms with Gasteiger partial charge in [0.2, 0.25) is 5.91 Å². The molecule has 1 saturated heterocycles. The normalized spacial score (nSPS) is 16.4. The van der Waals surface area contributed by atoms with Crippen molar-refractivity contribution < 1.29 is 19.1 Å². The lowest BCUT2D eigenvalue weighted by Crippen LogP contribution is -2.45. The number of benzene rings is 2. The van der Waals surface area contributed by atoms with Crippen molar-refractivity contribution in [3.8, 4) is 5.75 Å². The molecule has 1 aliphatic heterocycles. The highest BCUT2D eigenvalue weighted by atomic mass is 19.1. The van der Waals surface area contributed by atoms with Crippen molar-refractivity contribution in [2.24, 2.45) is 0 Å². The minimum atomic E-state index is -0.568. The Labute approximate surface area is 170 Å². The first-order valence-electron chi connectivity index (χ1n) is 10.1. The number of hydrogen-bond acceptors (Lipinski definition) is 3. The van der Waals surface area contributed by atoms with Crippen molar-refractivity contribution in [3.05, 3.63) is 65.5 Å². The molecule has 0 radical (unpaired) electrons. The van der Waals surface area contributed by atoms with Crippen LogP contribution in [-0.4, -0.2) is 41.0 Å². The van der Waals surface area contributed by atoms with Crippen LogP contribution in [0.2, 0.25) is 0 Å². The number of aryl methyl sites for hydroxylation is 1. The standard InChI is InChI=1S/C23H27FN2O3/c24-21-7-2-1-6-20(21)23(29)25-15-14-22(28)26-16-4-3-5-18(26)11-8-17-9-12-19(27)13-10-17/h1-2,6-7,9-10,12-13,18,27H,3-5,8,11,14-16H2,(H,25,29). The van der Waals surface area contributed by atoms with E-state index in [0.717, 1.165) is 44.2 Å². The molecule has 154 valence electrons. The van der Waals surface area contributed by atoms with E-state index in [2.05, 4.69) is 5.32 Å². The second kappa shape index (κ2) is 10.0. The van der Waals surface area contributed by atoms with Crippen LogP contribution in [0.1, 0.15) is 48.0 Å². The molecule has 2 aromatic carbocycles. The number of carbonyl (C=O) groups excluding carboxylic acids is 2. The summed E-state index contributed by atoms with van der Waals surface area (Å²) >= 11 is 0. The van der Waals surface area contributed by atoms with E-state index in [4.69, 9.17) is 0 Å². The van der Waals surface area contributed by atoms with Crippen molar-refractivity contribution in [1.29, 1.82) is 0 Å². The highest BCUT2D eigenvalue weighted by molar-refractivity contribution is 5.94. The van der Waals surface area contributed by atoms with Crippen molar-refractivity contribution in [2.75, 3.05) is 13.1 Å². The molecule has 1 atom stereocenters. The van der Waals surface area contributed by atoms with Gasteiger partial charge in [-0.15, -0.1) is 0 Å². The Bertz CT molecular complexity index is 838. The number of phenols is 1. The number of halogens is 1. The Morgan fingerprint density at radius 3 is 2.62 bits per heavy atom. The topological polar surface area (TPSA) is 69.6 Å². The molecule has 0 saturated carbocycles. The van der Waals surface area contributed by atoms with E-state index >= 15 is 0 Å². The molecule has 1 aliphatic rings. The van der Waals surface area contributed by atoms with Gasteiger partial charge in [-0.3, -0.25) is 9.59 Å². The van der Waals surface area contributed by atoms with Gasteiger partial charge < -0.3 is 15.3 Å². The maximum absolute atomic E-state index is 13.7. The number of hydrogen-bond donors (Lipinski definition) is 2. The minimum absolute atomic E-state index is 0.00954. The lowest BCUT2D eigenvalue weighted by atomic mass is 9.95. The Balaban J connectivity index is 1.49. The Hall–Kier alpha value is -2.89.